The van der Waals surface area contributed by atoms with Crippen molar-refractivity contribution in [3.8, 4) is 0 Å². The number of amides is 1. The third kappa shape index (κ3) is 6.74. The number of guanidine groups is 1. The van der Waals surface area contributed by atoms with Crippen LogP contribution in [0.2, 0.25) is 0 Å². The molecule has 0 saturated carbocycles. The minimum absolute atomic E-state index is 0. The van der Waals surface area contributed by atoms with Crippen molar-refractivity contribution in [1.29, 1.82) is 0 Å². The third-order valence-corrected chi connectivity index (χ3v) is 5.38. The van der Waals surface area contributed by atoms with Gasteiger partial charge in [0.1, 0.15) is 0 Å². The Morgan fingerprint density at radius 1 is 1.14 bits per heavy atom. The lowest BCUT2D eigenvalue weighted by Crippen LogP contribution is -2.39. The monoisotopic (exact) mass is 525 g/mol. The van der Waals surface area contributed by atoms with Crippen LogP contribution in [0.15, 0.2) is 46.9 Å². The zero-order valence-corrected chi connectivity index (χ0v) is 19.9. The van der Waals surface area contributed by atoms with Crippen LogP contribution >= 0.6 is 35.3 Å². The second kappa shape index (κ2) is 11.8. The summed E-state index contributed by atoms with van der Waals surface area (Å²) in [4.78, 5) is 20.2. The maximum atomic E-state index is 11.9. The topological polar surface area (TPSA) is 81.3 Å². The summed E-state index contributed by atoms with van der Waals surface area (Å²) in [6.45, 7) is 4.28. The molecule has 0 aliphatic carbocycles. The Labute approximate surface area is 192 Å². The van der Waals surface area contributed by atoms with Crippen molar-refractivity contribution in [2.45, 2.75) is 19.8 Å². The largest absolute Gasteiger partial charge is 0.361 e. The van der Waals surface area contributed by atoms with Crippen LogP contribution in [0.5, 0.6) is 0 Å². The van der Waals surface area contributed by atoms with E-state index in [0.29, 0.717) is 6.54 Å². The molecule has 0 fully saturated rings. The van der Waals surface area contributed by atoms with Gasteiger partial charge in [-0.25, -0.2) is 0 Å². The van der Waals surface area contributed by atoms with Crippen molar-refractivity contribution in [2.24, 2.45) is 4.99 Å². The molecule has 2 aromatic heterocycles. The molecule has 3 aromatic rings. The van der Waals surface area contributed by atoms with Crippen molar-refractivity contribution in [3.05, 3.63) is 57.9 Å². The number of hydrogen-bond acceptors (Lipinski definition) is 3. The normalized spacial score (nSPS) is 11.2. The van der Waals surface area contributed by atoms with Crippen molar-refractivity contribution in [2.75, 3.05) is 26.7 Å². The number of thiophene rings is 1. The van der Waals surface area contributed by atoms with Crippen LogP contribution in [-0.2, 0) is 6.42 Å². The van der Waals surface area contributed by atoms with E-state index in [0.717, 1.165) is 36.8 Å². The molecular weight excluding hydrogens is 497 g/mol. The van der Waals surface area contributed by atoms with Crippen molar-refractivity contribution in [1.82, 2.24) is 20.9 Å². The van der Waals surface area contributed by atoms with Gasteiger partial charge in [0, 0.05) is 43.8 Å². The minimum atomic E-state index is -0.00794. The van der Waals surface area contributed by atoms with Gasteiger partial charge in [-0.15, -0.1) is 35.3 Å². The van der Waals surface area contributed by atoms with E-state index in [-0.39, 0.29) is 29.9 Å². The van der Waals surface area contributed by atoms with Gasteiger partial charge in [-0.05, 0) is 48.4 Å². The Morgan fingerprint density at radius 2 is 1.93 bits per heavy atom. The highest BCUT2D eigenvalue weighted by Crippen LogP contribution is 2.19. The number of carbonyl (C=O) groups is 1. The fraction of sp³-hybridized carbons (Fsp3) is 0.333. The molecule has 0 saturated heterocycles. The van der Waals surface area contributed by atoms with Crippen LogP contribution in [0, 0.1) is 6.92 Å². The van der Waals surface area contributed by atoms with E-state index in [1.165, 1.54) is 33.4 Å². The molecule has 6 nitrogen and oxygen atoms in total. The van der Waals surface area contributed by atoms with Crippen LogP contribution in [-0.4, -0.2) is 43.5 Å². The lowest BCUT2D eigenvalue weighted by Gasteiger charge is -2.12. The van der Waals surface area contributed by atoms with Gasteiger partial charge in [0.2, 0.25) is 0 Å². The first-order chi connectivity index (χ1) is 13.7. The average Bonchev–Trinajstić information content (AvgIpc) is 3.36. The zero-order valence-electron chi connectivity index (χ0n) is 16.7. The van der Waals surface area contributed by atoms with Gasteiger partial charge in [-0.3, -0.25) is 9.79 Å². The number of aliphatic imine (C=N–C) groups is 1. The quantitative estimate of drug-likeness (QED) is 0.157. The summed E-state index contributed by atoms with van der Waals surface area (Å²) in [7, 11) is 1.77. The molecule has 8 heteroatoms. The van der Waals surface area contributed by atoms with Gasteiger partial charge in [-0.2, -0.15) is 0 Å². The lowest BCUT2D eigenvalue weighted by atomic mass is 10.1. The van der Waals surface area contributed by atoms with E-state index in [9.17, 15) is 4.79 Å². The van der Waals surface area contributed by atoms with E-state index in [4.69, 9.17) is 0 Å². The summed E-state index contributed by atoms with van der Waals surface area (Å²) in [5, 5.41) is 12.7. The number of aromatic nitrogens is 1. The van der Waals surface area contributed by atoms with Crippen molar-refractivity contribution < 1.29 is 4.79 Å². The zero-order chi connectivity index (χ0) is 19.8. The Balaban J connectivity index is 0.00000300. The van der Waals surface area contributed by atoms with Crippen LogP contribution in [0.25, 0.3) is 10.9 Å². The summed E-state index contributed by atoms with van der Waals surface area (Å²) in [5.74, 6) is 0.770. The van der Waals surface area contributed by atoms with Crippen LogP contribution in [0.3, 0.4) is 0 Å². The maximum absolute atomic E-state index is 11.9. The SMILES string of the molecule is CN=C(NCCCNC(=O)c1cccs1)NCCc1c[nH]c2cc(C)ccc12.I. The summed E-state index contributed by atoms with van der Waals surface area (Å²) in [6, 6.07) is 10.2. The number of halogens is 1. The van der Waals surface area contributed by atoms with Crippen LogP contribution < -0.4 is 16.0 Å². The molecule has 3 rings (SSSR count). The number of nitrogens with one attached hydrogen (secondary N) is 4. The Hall–Kier alpha value is -2.07. The van der Waals surface area contributed by atoms with Crippen LogP contribution in [0.4, 0.5) is 0 Å². The van der Waals surface area contributed by atoms with E-state index in [1.807, 2.05) is 17.5 Å². The molecule has 0 bridgehead atoms. The first-order valence-corrected chi connectivity index (χ1v) is 10.4. The molecule has 156 valence electrons. The molecular formula is C21H28IN5OS. The fourth-order valence-corrected chi connectivity index (χ4v) is 3.68. The number of benzene rings is 1. The van der Waals surface area contributed by atoms with Gasteiger partial charge in [-0.1, -0.05) is 18.2 Å². The summed E-state index contributed by atoms with van der Waals surface area (Å²) < 4.78 is 0. The molecule has 1 aromatic carbocycles. The number of rotatable bonds is 8. The Bertz CT molecular complexity index is 936. The molecule has 0 spiro atoms. The molecule has 4 N–H and O–H groups in total. The number of fused-ring (bicyclic) bond motifs is 1. The molecule has 0 aliphatic heterocycles. The first-order valence-electron chi connectivity index (χ1n) is 9.50. The lowest BCUT2D eigenvalue weighted by molar-refractivity contribution is 0.0957. The Kier molecular flexibility index (Phi) is 9.46. The highest BCUT2D eigenvalue weighted by Gasteiger charge is 2.06. The van der Waals surface area contributed by atoms with Gasteiger partial charge >= 0.3 is 0 Å². The summed E-state index contributed by atoms with van der Waals surface area (Å²) in [6.07, 6.45) is 3.83. The average molecular weight is 525 g/mol. The molecule has 0 radical (unpaired) electrons. The fourth-order valence-electron chi connectivity index (χ4n) is 3.04. The highest BCUT2D eigenvalue weighted by molar-refractivity contribution is 14.0. The number of carbonyl (C=O) groups excluding carboxylic acids is 1. The predicted octanol–water partition coefficient (Wildman–Crippen LogP) is 3.68. The second-order valence-corrected chi connectivity index (χ2v) is 7.57. The van der Waals surface area contributed by atoms with E-state index in [1.54, 1.807) is 7.05 Å². The van der Waals surface area contributed by atoms with Crippen LogP contribution in [0.1, 0.15) is 27.2 Å². The number of hydrogen-bond donors (Lipinski definition) is 4. The molecule has 0 aliphatic rings. The van der Waals surface area contributed by atoms with Gasteiger partial charge in [0.25, 0.3) is 5.91 Å². The molecule has 0 atom stereocenters. The third-order valence-electron chi connectivity index (χ3n) is 4.51. The van der Waals surface area contributed by atoms with Crippen molar-refractivity contribution >= 4 is 58.1 Å². The van der Waals surface area contributed by atoms with Crippen molar-refractivity contribution in [3.63, 3.8) is 0 Å². The number of aryl methyl sites for hydroxylation is 1. The number of H-pyrrole nitrogens is 1. The first kappa shape index (κ1) is 23.2. The van der Waals surface area contributed by atoms with E-state index < -0.39 is 0 Å². The molecule has 0 unspecified atom stereocenters. The summed E-state index contributed by atoms with van der Waals surface area (Å²) >= 11 is 1.45. The standard InChI is InChI=1S/C21H27N5OS.HI/c1-15-6-7-17-16(14-26-18(17)13-15)8-11-25-21(22-2)24-10-4-9-23-20(27)19-5-3-12-28-19;/h3,5-7,12-14,26H,4,8-11H2,1-2H3,(H,23,27)(H2,22,24,25);1H. The number of aromatic amines is 1. The minimum Gasteiger partial charge on any atom is -0.361 e. The highest BCUT2D eigenvalue weighted by atomic mass is 127. The molecule has 2 heterocycles. The molecule has 1 amide bonds. The van der Waals surface area contributed by atoms with Gasteiger partial charge in [0.05, 0.1) is 4.88 Å². The summed E-state index contributed by atoms with van der Waals surface area (Å²) in [5.41, 5.74) is 3.74. The smallest absolute Gasteiger partial charge is 0.261 e. The Morgan fingerprint density at radius 3 is 2.69 bits per heavy atom. The second-order valence-electron chi connectivity index (χ2n) is 6.63. The maximum Gasteiger partial charge on any atom is 0.261 e. The number of nitrogens with zero attached hydrogens (tertiary/aromatic N) is 1. The van der Waals surface area contributed by atoms with E-state index in [2.05, 4.69) is 57.2 Å². The molecule has 29 heavy (non-hydrogen) atoms. The van der Waals surface area contributed by atoms with Gasteiger partial charge < -0.3 is 20.9 Å². The van der Waals surface area contributed by atoms with E-state index >= 15 is 0 Å². The van der Waals surface area contributed by atoms with Gasteiger partial charge in [0.15, 0.2) is 5.96 Å². The predicted molar refractivity (Wildman–Crippen MR) is 133 cm³/mol.